The smallest absolute Gasteiger partial charge is 0.322 e. The van der Waals surface area contributed by atoms with Gasteiger partial charge < -0.3 is 14.8 Å². The van der Waals surface area contributed by atoms with Gasteiger partial charge in [-0.1, -0.05) is 43.9 Å². The van der Waals surface area contributed by atoms with Crippen molar-refractivity contribution in [3.8, 4) is 0 Å². The lowest BCUT2D eigenvalue weighted by atomic mass is 10.1. The number of para-hydroxylation sites is 1. The first-order chi connectivity index (χ1) is 14.9. The molecule has 1 fully saturated rings. The molecule has 0 saturated heterocycles. The van der Waals surface area contributed by atoms with Gasteiger partial charge >= 0.3 is 6.03 Å². The van der Waals surface area contributed by atoms with Crippen LogP contribution in [0, 0.1) is 5.82 Å². The summed E-state index contributed by atoms with van der Waals surface area (Å²) in [7, 11) is 7.10. The Labute approximate surface area is 188 Å². The van der Waals surface area contributed by atoms with E-state index in [0.717, 1.165) is 36.9 Å². The number of benzene rings is 2. The lowest BCUT2D eigenvalue weighted by Gasteiger charge is -2.32. The van der Waals surface area contributed by atoms with E-state index >= 15 is 0 Å². The Morgan fingerprint density at radius 1 is 1.10 bits per heavy atom. The number of anilines is 1. The van der Waals surface area contributed by atoms with Crippen LogP contribution in [0.3, 0.4) is 0 Å². The topological polar surface area (TPSA) is 37.3 Å². The van der Waals surface area contributed by atoms with Gasteiger partial charge in [0.05, 0.1) is 12.2 Å². The average Bonchev–Trinajstić information content (AvgIpc) is 2.90. The average molecular weight is 457 g/mol. The minimum absolute atomic E-state index is 0.129. The zero-order valence-electron chi connectivity index (χ0n) is 17.9. The molecule has 2 amide bonds. The molecule has 0 bridgehead atoms. The zero-order valence-corrected chi connectivity index (χ0v) is 20.2. The number of nitrogens with one attached hydrogen (secondary N) is 1. The molecule has 164 valence electrons. The minimum atomic E-state index is -0.316. The maximum atomic E-state index is 13.7. The lowest BCUT2D eigenvalue weighted by Crippen LogP contribution is -2.43. The van der Waals surface area contributed by atoms with Crippen molar-refractivity contribution in [2.45, 2.75) is 51.1 Å². The molecule has 2 atom stereocenters. The number of nitrogens with zero attached hydrogens (tertiary/aromatic N) is 2. The van der Waals surface area contributed by atoms with Crippen LogP contribution in [0.1, 0.15) is 44.2 Å². The minimum Gasteiger partial charge on any atom is -0.346 e. The Morgan fingerprint density at radius 3 is 2.39 bits per heavy atom. The number of hydrogen-bond acceptors (Lipinski definition) is 1. The van der Waals surface area contributed by atoms with Gasteiger partial charge in [-0.2, -0.15) is 0 Å². The maximum Gasteiger partial charge on any atom is 0.322 e. The second-order valence-electron chi connectivity index (χ2n) is 8.42. The number of aryl methyl sites for hydroxylation is 1. The van der Waals surface area contributed by atoms with E-state index in [0.29, 0.717) is 22.8 Å². The van der Waals surface area contributed by atoms with Gasteiger partial charge in [-0.05, 0) is 53.1 Å². The molecule has 0 radical (unpaired) electrons. The Kier molecular flexibility index (Phi) is 6.94. The molecule has 1 N–H and O–H groups in total. The van der Waals surface area contributed by atoms with Gasteiger partial charge in [-0.25, -0.2) is 9.18 Å². The van der Waals surface area contributed by atoms with Crippen LogP contribution in [0.5, 0.6) is 0 Å². The summed E-state index contributed by atoms with van der Waals surface area (Å²) in [6, 6.07) is 13.4. The lowest BCUT2D eigenvalue weighted by molar-refractivity contribution is 0.174. The fourth-order valence-corrected chi connectivity index (χ4v) is 5.54. The fourth-order valence-electron chi connectivity index (χ4n) is 4.58. The van der Waals surface area contributed by atoms with E-state index in [1.54, 1.807) is 0 Å². The quantitative estimate of drug-likeness (QED) is 0.431. The highest BCUT2D eigenvalue weighted by Gasteiger charge is 2.27. The Bertz CT molecular complexity index is 1070. The molecule has 4 nitrogen and oxygen atoms in total. The summed E-state index contributed by atoms with van der Waals surface area (Å²) in [6.07, 6.45) is 6.77. The molecule has 4 rings (SSSR count). The molecule has 1 aliphatic carbocycles. The van der Waals surface area contributed by atoms with Crippen LogP contribution in [-0.2, 0) is 13.6 Å². The third-order valence-electron chi connectivity index (χ3n) is 6.31. The van der Waals surface area contributed by atoms with Crippen molar-refractivity contribution in [2.24, 2.45) is 7.05 Å². The Balaban J connectivity index is 1.65. The first-order valence-electron chi connectivity index (χ1n) is 10.9. The van der Waals surface area contributed by atoms with Crippen molar-refractivity contribution in [1.82, 2.24) is 9.47 Å². The van der Waals surface area contributed by atoms with Crippen LogP contribution in [0.15, 0.2) is 42.5 Å². The first kappa shape index (κ1) is 22.2. The highest BCUT2D eigenvalue weighted by molar-refractivity contribution is 7.30. The summed E-state index contributed by atoms with van der Waals surface area (Å²) in [5.74, 6) is -0.316. The van der Waals surface area contributed by atoms with Crippen molar-refractivity contribution in [1.29, 1.82) is 0 Å². The van der Waals surface area contributed by atoms with Crippen LogP contribution >= 0.6 is 18.5 Å². The van der Waals surface area contributed by atoms with Gasteiger partial charge in [0.15, 0.2) is 0 Å². The molecule has 1 heterocycles. The summed E-state index contributed by atoms with van der Waals surface area (Å²) in [5, 5.41) is 5.53. The molecule has 0 aliphatic heterocycles. The van der Waals surface area contributed by atoms with Crippen molar-refractivity contribution in [3.05, 3.63) is 54.0 Å². The van der Waals surface area contributed by atoms with Gasteiger partial charge in [0.2, 0.25) is 0 Å². The van der Waals surface area contributed by atoms with Gasteiger partial charge in [0.25, 0.3) is 0 Å². The highest BCUT2D eigenvalue weighted by Crippen LogP contribution is 2.26. The van der Waals surface area contributed by atoms with E-state index in [1.165, 1.54) is 30.4 Å². The second kappa shape index (κ2) is 9.67. The Hall–Kier alpha value is -1.96. The SMILES string of the molecule is Cn1c(CN(C(=O)Nc2c(P)cc(F)cc2P)C2CCCCCC2)cc2ccccc21. The summed E-state index contributed by atoms with van der Waals surface area (Å²) < 4.78 is 15.9. The summed E-state index contributed by atoms with van der Waals surface area (Å²) in [4.78, 5) is 15.5. The van der Waals surface area contributed by atoms with Crippen LogP contribution < -0.4 is 15.9 Å². The molecule has 2 aromatic carbocycles. The fraction of sp³-hybridized carbons (Fsp3) is 0.375. The number of urea groups is 1. The van der Waals surface area contributed by atoms with Gasteiger partial charge in [0.1, 0.15) is 5.82 Å². The third-order valence-corrected chi connectivity index (χ3v) is 7.22. The van der Waals surface area contributed by atoms with E-state index in [1.807, 2.05) is 17.0 Å². The normalized spacial score (nSPS) is 15.1. The molecule has 31 heavy (non-hydrogen) atoms. The number of amides is 2. The van der Waals surface area contributed by atoms with Crippen molar-refractivity contribution in [2.75, 3.05) is 5.32 Å². The van der Waals surface area contributed by atoms with Crippen LogP contribution in [0.4, 0.5) is 14.9 Å². The molecule has 0 spiro atoms. The van der Waals surface area contributed by atoms with E-state index < -0.39 is 0 Å². The van der Waals surface area contributed by atoms with Crippen molar-refractivity contribution in [3.63, 3.8) is 0 Å². The van der Waals surface area contributed by atoms with Crippen LogP contribution in [-0.4, -0.2) is 21.5 Å². The predicted octanol–water partition coefficient (Wildman–Crippen LogP) is 5.08. The highest BCUT2D eigenvalue weighted by atomic mass is 31.0. The summed E-state index contributed by atoms with van der Waals surface area (Å²) in [6.45, 7) is 0.543. The van der Waals surface area contributed by atoms with E-state index in [4.69, 9.17) is 0 Å². The third kappa shape index (κ3) is 4.94. The van der Waals surface area contributed by atoms with E-state index in [-0.39, 0.29) is 17.9 Å². The molecule has 1 saturated carbocycles. The zero-order chi connectivity index (χ0) is 22.0. The number of carbonyl (C=O) groups is 1. The van der Waals surface area contributed by atoms with Crippen molar-refractivity contribution < 1.29 is 9.18 Å². The molecular weight excluding hydrogens is 427 g/mol. The van der Waals surface area contributed by atoms with E-state index in [2.05, 4.69) is 53.6 Å². The molecule has 1 aliphatic rings. The van der Waals surface area contributed by atoms with Gasteiger partial charge in [-0.3, -0.25) is 0 Å². The summed E-state index contributed by atoms with van der Waals surface area (Å²) >= 11 is 0. The number of halogens is 1. The van der Waals surface area contributed by atoms with E-state index in [9.17, 15) is 9.18 Å². The molecule has 2 unspecified atom stereocenters. The van der Waals surface area contributed by atoms with Gasteiger partial charge in [0, 0.05) is 24.3 Å². The van der Waals surface area contributed by atoms with Crippen LogP contribution in [0.2, 0.25) is 0 Å². The summed E-state index contributed by atoms with van der Waals surface area (Å²) in [5.41, 5.74) is 2.91. The maximum absolute atomic E-state index is 13.7. The number of aromatic nitrogens is 1. The van der Waals surface area contributed by atoms with Crippen molar-refractivity contribution >= 4 is 51.7 Å². The Morgan fingerprint density at radius 2 is 1.74 bits per heavy atom. The number of hydrogen-bond donors (Lipinski definition) is 1. The first-order valence-corrected chi connectivity index (χ1v) is 12.0. The monoisotopic (exact) mass is 457 g/mol. The standard InChI is InChI=1S/C24H30FN3OP2/c1-27-19(12-16-8-6-7-11-20(16)27)15-28(18-9-4-2-3-5-10-18)24(29)26-23-21(30)13-17(25)14-22(23)31/h6-8,11-14,18H,2-5,9-10,15,30-31H2,1H3,(H,26,29). The largest absolute Gasteiger partial charge is 0.346 e. The molecule has 3 aromatic rings. The molecule has 1 aromatic heterocycles. The molecule has 7 heteroatoms. The molecular formula is C24H30FN3OP2. The predicted molar refractivity (Wildman–Crippen MR) is 134 cm³/mol. The second-order valence-corrected chi connectivity index (χ2v) is 9.66. The number of fused-ring (bicyclic) bond motifs is 1. The number of rotatable bonds is 4. The number of carbonyl (C=O) groups excluding carboxylic acids is 1. The van der Waals surface area contributed by atoms with Crippen LogP contribution in [0.25, 0.3) is 10.9 Å². The van der Waals surface area contributed by atoms with Gasteiger partial charge in [-0.15, -0.1) is 18.5 Å².